The molecule has 0 radical (unpaired) electrons. The second kappa shape index (κ2) is 6.33. The van der Waals surface area contributed by atoms with Crippen LogP contribution in [0.1, 0.15) is 15.9 Å². The van der Waals surface area contributed by atoms with E-state index in [9.17, 15) is 4.79 Å². The molecule has 0 atom stereocenters. The third-order valence-corrected chi connectivity index (χ3v) is 2.98. The van der Waals surface area contributed by atoms with E-state index < -0.39 is 5.97 Å². The lowest BCUT2D eigenvalue weighted by atomic mass is 10.2. The second-order valence-electron chi connectivity index (χ2n) is 3.79. The standard InChI is InChI=1S/C14H12BrNO3/c1-18-14(17)11-6-7-16-13(8-11)19-9-10-2-4-12(15)5-3-10/h2-8H,9H2,1H3. The average Bonchev–Trinajstić information content (AvgIpc) is 2.46. The Morgan fingerprint density at radius 2 is 2.00 bits per heavy atom. The first kappa shape index (κ1) is 13.5. The van der Waals surface area contributed by atoms with Gasteiger partial charge in [0.25, 0.3) is 0 Å². The van der Waals surface area contributed by atoms with Crippen LogP contribution >= 0.6 is 15.9 Å². The number of ether oxygens (including phenoxy) is 2. The van der Waals surface area contributed by atoms with Crippen LogP contribution in [0.25, 0.3) is 0 Å². The molecule has 0 amide bonds. The second-order valence-corrected chi connectivity index (χ2v) is 4.71. The van der Waals surface area contributed by atoms with Gasteiger partial charge in [-0.2, -0.15) is 0 Å². The number of aromatic nitrogens is 1. The molecule has 19 heavy (non-hydrogen) atoms. The number of esters is 1. The quantitative estimate of drug-likeness (QED) is 0.811. The third kappa shape index (κ3) is 3.79. The predicted molar refractivity (Wildman–Crippen MR) is 74.1 cm³/mol. The third-order valence-electron chi connectivity index (χ3n) is 2.46. The van der Waals surface area contributed by atoms with E-state index >= 15 is 0 Å². The number of rotatable bonds is 4. The summed E-state index contributed by atoms with van der Waals surface area (Å²) in [7, 11) is 1.34. The van der Waals surface area contributed by atoms with Crippen molar-refractivity contribution < 1.29 is 14.3 Å². The summed E-state index contributed by atoms with van der Waals surface area (Å²) in [5, 5.41) is 0. The zero-order valence-electron chi connectivity index (χ0n) is 10.3. The maximum atomic E-state index is 11.4. The van der Waals surface area contributed by atoms with Crippen LogP contribution < -0.4 is 4.74 Å². The van der Waals surface area contributed by atoms with E-state index in [0.29, 0.717) is 18.1 Å². The smallest absolute Gasteiger partial charge is 0.338 e. The maximum Gasteiger partial charge on any atom is 0.338 e. The van der Waals surface area contributed by atoms with E-state index in [4.69, 9.17) is 4.74 Å². The minimum atomic E-state index is -0.407. The van der Waals surface area contributed by atoms with Gasteiger partial charge in [-0.1, -0.05) is 28.1 Å². The van der Waals surface area contributed by atoms with Crippen molar-refractivity contribution in [3.05, 3.63) is 58.2 Å². The largest absolute Gasteiger partial charge is 0.473 e. The number of carbonyl (C=O) groups is 1. The number of hydrogen-bond acceptors (Lipinski definition) is 4. The van der Waals surface area contributed by atoms with Crippen molar-refractivity contribution in [2.45, 2.75) is 6.61 Å². The van der Waals surface area contributed by atoms with Crippen LogP contribution in [0.3, 0.4) is 0 Å². The molecule has 0 bridgehead atoms. The predicted octanol–water partition coefficient (Wildman–Crippen LogP) is 3.21. The molecule has 2 rings (SSSR count). The van der Waals surface area contributed by atoms with Gasteiger partial charge in [0.2, 0.25) is 5.88 Å². The Bertz CT molecular complexity index is 569. The molecular formula is C14H12BrNO3. The highest BCUT2D eigenvalue weighted by Gasteiger charge is 2.07. The van der Waals surface area contributed by atoms with Crippen LogP contribution in [-0.4, -0.2) is 18.1 Å². The van der Waals surface area contributed by atoms with Crippen LogP contribution in [0.4, 0.5) is 0 Å². The molecule has 0 spiro atoms. The number of methoxy groups -OCH3 is 1. The van der Waals surface area contributed by atoms with Crippen molar-refractivity contribution in [2.24, 2.45) is 0 Å². The van der Waals surface area contributed by atoms with Gasteiger partial charge in [-0.3, -0.25) is 0 Å². The number of halogens is 1. The number of benzene rings is 1. The van der Waals surface area contributed by atoms with Crippen molar-refractivity contribution in [3.63, 3.8) is 0 Å². The summed E-state index contributed by atoms with van der Waals surface area (Å²) >= 11 is 3.37. The van der Waals surface area contributed by atoms with Crippen LogP contribution in [0.15, 0.2) is 47.1 Å². The molecule has 1 aromatic carbocycles. The molecular weight excluding hydrogens is 310 g/mol. The summed E-state index contributed by atoms with van der Waals surface area (Å²) < 4.78 is 11.2. The SMILES string of the molecule is COC(=O)c1ccnc(OCc2ccc(Br)cc2)c1. The molecule has 2 aromatic rings. The van der Waals surface area contributed by atoms with Crippen molar-refractivity contribution in [3.8, 4) is 5.88 Å². The topological polar surface area (TPSA) is 48.4 Å². The van der Waals surface area contributed by atoms with Gasteiger partial charge in [-0.15, -0.1) is 0 Å². The molecule has 5 heteroatoms. The first-order valence-corrected chi connectivity index (χ1v) is 6.40. The van der Waals surface area contributed by atoms with Gasteiger partial charge in [0.05, 0.1) is 12.7 Å². The van der Waals surface area contributed by atoms with Crippen LogP contribution in [0.2, 0.25) is 0 Å². The first-order chi connectivity index (χ1) is 9.19. The molecule has 0 aliphatic rings. The van der Waals surface area contributed by atoms with Crippen LogP contribution in [-0.2, 0) is 11.3 Å². The fourth-order valence-electron chi connectivity index (χ4n) is 1.47. The maximum absolute atomic E-state index is 11.4. The van der Waals surface area contributed by atoms with Crippen molar-refractivity contribution in [2.75, 3.05) is 7.11 Å². The molecule has 0 unspecified atom stereocenters. The molecule has 0 fully saturated rings. The fraction of sp³-hybridized carbons (Fsp3) is 0.143. The lowest BCUT2D eigenvalue weighted by molar-refractivity contribution is 0.0600. The van der Waals surface area contributed by atoms with Crippen LogP contribution in [0, 0.1) is 0 Å². The fourth-order valence-corrected chi connectivity index (χ4v) is 1.74. The zero-order valence-corrected chi connectivity index (χ0v) is 11.9. The van der Waals surface area contributed by atoms with Gasteiger partial charge in [0, 0.05) is 16.7 Å². The number of carbonyl (C=O) groups excluding carboxylic acids is 1. The lowest BCUT2D eigenvalue weighted by Gasteiger charge is -2.06. The monoisotopic (exact) mass is 321 g/mol. The summed E-state index contributed by atoms with van der Waals surface area (Å²) in [5.41, 5.74) is 1.44. The molecule has 0 aliphatic carbocycles. The van der Waals surface area contributed by atoms with Gasteiger partial charge >= 0.3 is 5.97 Å². The Labute approximate surface area is 119 Å². The van der Waals surface area contributed by atoms with Crippen molar-refractivity contribution in [1.29, 1.82) is 0 Å². The molecule has 0 saturated heterocycles. The lowest BCUT2D eigenvalue weighted by Crippen LogP contribution is -2.03. The van der Waals surface area contributed by atoms with Gasteiger partial charge < -0.3 is 9.47 Å². The summed E-state index contributed by atoms with van der Waals surface area (Å²) in [6.45, 7) is 0.394. The van der Waals surface area contributed by atoms with Crippen molar-refractivity contribution >= 4 is 21.9 Å². The zero-order chi connectivity index (χ0) is 13.7. The van der Waals surface area contributed by atoms with E-state index in [1.165, 1.54) is 13.3 Å². The highest BCUT2D eigenvalue weighted by molar-refractivity contribution is 9.10. The molecule has 0 N–H and O–H groups in total. The van der Waals surface area contributed by atoms with E-state index in [0.717, 1.165) is 10.0 Å². The number of pyridine rings is 1. The Morgan fingerprint density at radius 1 is 1.26 bits per heavy atom. The summed E-state index contributed by atoms with van der Waals surface area (Å²) in [6, 6.07) is 10.9. The number of hydrogen-bond donors (Lipinski definition) is 0. The first-order valence-electron chi connectivity index (χ1n) is 5.60. The molecule has 1 heterocycles. The average molecular weight is 322 g/mol. The molecule has 4 nitrogen and oxygen atoms in total. The van der Waals surface area contributed by atoms with Crippen molar-refractivity contribution in [1.82, 2.24) is 4.98 Å². The Kier molecular flexibility index (Phi) is 4.52. The minimum absolute atomic E-state index is 0.394. The summed E-state index contributed by atoms with van der Waals surface area (Å²) in [6.07, 6.45) is 1.52. The van der Waals surface area contributed by atoms with E-state index in [-0.39, 0.29) is 0 Å². The van der Waals surface area contributed by atoms with Gasteiger partial charge in [0.1, 0.15) is 6.61 Å². The number of nitrogens with zero attached hydrogens (tertiary/aromatic N) is 1. The van der Waals surface area contributed by atoms with E-state index in [1.807, 2.05) is 24.3 Å². The highest BCUT2D eigenvalue weighted by atomic mass is 79.9. The van der Waals surface area contributed by atoms with E-state index in [2.05, 4.69) is 25.7 Å². The van der Waals surface area contributed by atoms with Gasteiger partial charge in [0.15, 0.2) is 0 Å². The van der Waals surface area contributed by atoms with E-state index in [1.54, 1.807) is 12.1 Å². The minimum Gasteiger partial charge on any atom is -0.473 e. The van der Waals surface area contributed by atoms with Crippen LogP contribution in [0.5, 0.6) is 5.88 Å². The molecule has 0 saturated carbocycles. The summed E-state index contributed by atoms with van der Waals surface area (Å²) in [5.74, 6) is -0.0123. The highest BCUT2D eigenvalue weighted by Crippen LogP contribution is 2.14. The normalized spacial score (nSPS) is 10.0. The van der Waals surface area contributed by atoms with Gasteiger partial charge in [-0.25, -0.2) is 9.78 Å². The Balaban J connectivity index is 2.03. The molecule has 0 aliphatic heterocycles. The summed E-state index contributed by atoms with van der Waals surface area (Å²) in [4.78, 5) is 15.4. The molecule has 98 valence electrons. The Morgan fingerprint density at radius 3 is 2.68 bits per heavy atom. The van der Waals surface area contributed by atoms with Gasteiger partial charge in [-0.05, 0) is 23.8 Å². The molecule has 1 aromatic heterocycles. The Hall–Kier alpha value is -1.88.